The Morgan fingerprint density at radius 2 is 2.12 bits per heavy atom. The summed E-state index contributed by atoms with van der Waals surface area (Å²) < 4.78 is 1.05. The van der Waals surface area contributed by atoms with E-state index in [-0.39, 0.29) is 29.6 Å². The van der Waals surface area contributed by atoms with Crippen molar-refractivity contribution in [3.05, 3.63) is 22.5 Å². The predicted molar refractivity (Wildman–Crippen MR) is 126 cm³/mol. The van der Waals surface area contributed by atoms with Gasteiger partial charge in [0.25, 0.3) is 5.91 Å². The number of carboxylic acids is 1. The lowest BCUT2D eigenvalue weighted by Crippen LogP contribution is -2.65. The summed E-state index contributed by atoms with van der Waals surface area (Å²) in [5, 5.41) is 20.2. The molecule has 33 heavy (non-hydrogen) atoms. The minimum atomic E-state index is -0.967. The summed E-state index contributed by atoms with van der Waals surface area (Å²) in [6.45, 7) is 6.01. The fraction of sp³-hybridized carbons (Fsp3) is 0.700. The number of carbonyl (C=O) groups is 2. The van der Waals surface area contributed by atoms with Crippen molar-refractivity contribution in [1.82, 2.24) is 19.4 Å². The van der Waals surface area contributed by atoms with Crippen molar-refractivity contribution >= 4 is 48.3 Å². The molecule has 0 radical (unpaired) electrons. The molecule has 11 nitrogen and oxygen atoms in total. The lowest BCUT2D eigenvalue weighted by Gasteiger charge is -2.41. The number of hydrogen-bond donors (Lipinski definition) is 1. The quantitative estimate of drug-likeness (QED) is 0.189. The van der Waals surface area contributed by atoms with Crippen LogP contribution in [0.4, 0.5) is 5.95 Å². The van der Waals surface area contributed by atoms with Gasteiger partial charge in [-0.2, -0.15) is 0 Å². The highest BCUT2D eigenvalue weighted by Crippen LogP contribution is 2.51. The second kappa shape index (κ2) is 9.88. The molecule has 1 aromatic rings. The van der Waals surface area contributed by atoms with Crippen LogP contribution in [-0.2, 0) is 16.1 Å². The molecule has 2 unspecified atom stereocenters. The van der Waals surface area contributed by atoms with Gasteiger partial charge in [0.05, 0.1) is 12.9 Å². The number of imidazole rings is 1. The number of nitrogens with zero attached hydrogens (tertiary/aromatic N) is 6. The summed E-state index contributed by atoms with van der Waals surface area (Å²) in [4.78, 5) is 46.4. The third-order valence-corrected chi connectivity index (χ3v) is 8.11. The van der Waals surface area contributed by atoms with Crippen molar-refractivity contribution in [2.45, 2.75) is 68.3 Å². The third kappa shape index (κ3) is 4.96. The first-order valence-electron chi connectivity index (χ1n) is 10.8. The molecule has 0 bridgehead atoms. The molecule has 3 atom stereocenters. The van der Waals surface area contributed by atoms with Gasteiger partial charge in [0, 0.05) is 17.8 Å². The van der Waals surface area contributed by atoms with Crippen LogP contribution in [0.5, 0.6) is 0 Å². The van der Waals surface area contributed by atoms with Crippen LogP contribution < -0.4 is 0 Å². The molecule has 0 aromatic carbocycles. The van der Waals surface area contributed by atoms with Crippen LogP contribution >= 0.6 is 24.2 Å². The second-order valence-corrected chi connectivity index (χ2v) is 10.9. The lowest BCUT2D eigenvalue weighted by atomic mass is 9.92. The number of carboxylic acid groups (broad SMARTS) is 1. The van der Waals surface area contributed by atoms with E-state index >= 15 is 0 Å². The van der Waals surface area contributed by atoms with E-state index in [9.17, 15) is 24.8 Å². The molecule has 1 aromatic heterocycles. The summed E-state index contributed by atoms with van der Waals surface area (Å²) in [6.07, 6.45) is 8.73. The van der Waals surface area contributed by atoms with Gasteiger partial charge in [0.2, 0.25) is 0 Å². The number of thioether (sulfide) groups is 1. The maximum atomic E-state index is 12.5. The van der Waals surface area contributed by atoms with Crippen LogP contribution in [0.1, 0.15) is 39.5 Å². The van der Waals surface area contributed by atoms with Crippen LogP contribution in [0.3, 0.4) is 0 Å². The number of halogens is 1. The normalized spacial score (nSPS) is 26.7. The van der Waals surface area contributed by atoms with Crippen LogP contribution in [-0.4, -0.2) is 82.9 Å². The van der Waals surface area contributed by atoms with E-state index in [2.05, 4.69) is 14.9 Å². The number of fused-ring (bicyclic) bond motifs is 1. The predicted octanol–water partition coefficient (Wildman–Crippen LogP) is 2.25. The topological polar surface area (TPSA) is 134 Å². The highest BCUT2D eigenvalue weighted by atomic mass is 35.5. The van der Waals surface area contributed by atoms with Gasteiger partial charge in [-0.1, -0.05) is 4.98 Å². The zero-order valence-corrected chi connectivity index (χ0v) is 20.2. The average Bonchev–Trinajstić information content (AvgIpc) is 3.30. The second-order valence-electron chi connectivity index (χ2n) is 9.11. The van der Waals surface area contributed by atoms with Crippen molar-refractivity contribution in [2.75, 3.05) is 13.1 Å². The molecule has 4 rings (SSSR count). The van der Waals surface area contributed by atoms with Crippen LogP contribution in [0, 0.1) is 16.0 Å². The molecular formula is C20H29ClN6O5S. The lowest BCUT2D eigenvalue weighted by molar-refractivity contribution is -0.396. The minimum Gasteiger partial charge on any atom is -0.480 e. The SMILES string of the molecule is CC1(C)SC2C(N=CN3CCC(CCCn4ccnc4[N+](=O)[O-])CC3)C(=O)N2[C@H]1C(=O)O.Cl. The summed E-state index contributed by atoms with van der Waals surface area (Å²) >= 11 is 1.51. The number of piperidine rings is 1. The van der Waals surface area contributed by atoms with Gasteiger partial charge in [0.1, 0.15) is 23.8 Å². The first-order chi connectivity index (χ1) is 15.2. The van der Waals surface area contributed by atoms with Crippen LogP contribution in [0.2, 0.25) is 0 Å². The van der Waals surface area contributed by atoms with Crippen molar-refractivity contribution in [2.24, 2.45) is 10.9 Å². The molecule has 3 fully saturated rings. The third-order valence-electron chi connectivity index (χ3n) is 6.55. The number of β-lactam (4-membered cyclic amide) rings is 1. The molecule has 1 amide bonds. The van der Waals surface area contributed by atoms with Crippen molar-refractivity contribution < 1.29 is 19.6 Å². The fourth-order valence-corrected chi connectivity index (χ4v) is 6.47. The molecule has 0 aliphatic carbocycles. The van der Waals surface area contributed by atoms with Crippen LogP contribution in [0.15, 0.2) is 17.4 Å². The zero-order valence-electron chi connectivity index (χ0n) is 18.6. The van der Waals surface area contributed by atoms with Gasteiger partial charge >= 0.3 is 11.9 Å². The maximum absolute atomic E-state index is 12.5. The van der Waals surface area contributed by atoms with E-state index in [0.717, 1.165) is 38.8 Å². The van der Waals surface area contributed by atoms with Gasteiger partial charge in [-0.05, 0) is 50.4 Å². The molecule has 4 heterocycles. The van der Waals surface area contributed by atoms with Crippen molar-refractivity contribution in [3.63, 3.8) is 0 Å². The van der Waals surface area contributed by atoms with Crippen molar-refractivity contribution in [1.29, 1.82) is 0 Å². The number of carbonyl (C=O) groups excluding carboxylic acids is 1. The number of aryl methyl sites for hydroxylation is 1. The minimum absolute atomic E-state index is 0. The Hall–Kier alpha value is -2.34. The molecule has 13 heteroatoms. The highest BCUT2D eigenvalue weighted by Gasteiger charge is 2.63. The number of nitro groups is 1. The van der Waals surface area contributed by atoms with Gasteiger partial charge in [-0.25, -0.2) is 9.36 Å². The number of rotatable bonds is 8. The Kier molecular flexibility index (Phi) is 7.57. The number of amides is 1. The van der Waals surface area contributed by atoms with E-state index in [1.165, 1.54) is 22.9 Å². The summed E-state index contributed by atoms with van der Waals surface area (Å²) in [5.74, 6) is -0.727. The smallest absolute Gasteiger partial charge is 0.434 e. The zero-order chi connectivity index (χ0) is 23.0. The maximum Gasteiger partial charge on any atom is 0.434 e. The number of aromatic nitrogens is 2. The first kappa shape index (κ1) is 25.3. The summed E-state index contributed by atoms with van der Waals surface area (Å²) in [5.41, 5.74) is 0. The molecule has 0 saturated carbocycles. The molecule has 3 aliphatic rings. The number of aliphatic carboxylic acids is 1. The first-order valence-corrected chi connectivity index (χ1v) is 11.7. The van der Waals surface area contributed by atoms with Gasteiger partial charge in [0.15, 0.2) is 6.04 Å². The van der Waals surface area contributed by atoms with Gasteiger partial charge in [-0.15, -0.1) is 24.2 Å². The Balaban J connectivity index is 0.00000306. The number of likely N-dealkylation sites (tertiary alicyclic amines) is 1. The molecule has 0 spiro atoms. The Bertz CT molecular complexity index is 932. The monoisotopic (exact) mass is 500 g/mol. The number of hydrogen-bond acceptors (Lipinski definition) is 7. The molecule has 182 valence electrons. The highest BCUT2D eigenvalue weighted by molar-refractivity contribution is 8.01. The van der Waals surface area contributed by atoms with E-state index in [4.69, 9.17) is 0 Å². The largest absolute Gasteiger partial charge is 0.480 e. The van der Waals surface area contributed by atoms with E-state index in [0.29, 0.717) is 12.5 Å². The van der Waals surface area contributed by atoms with Crippen molar-refractivity contribution in [3.8, 4) is 0 Å². The Morgan fingerprint density at radius 3 is 2.76 bits per heavy atom. The molecule has 3 saturated heterocycles. The molecule has 3 aliphatic heterocycles. The van der Waals surface area contributed by atoms with E-state index in [1.807, 2.05) is 13.8 Å². The number of aliphatic imine (C=N–C) groups is 1. The average molecular weight is 501 g/mol. The van der Waals surface area contributed by atoms with Crippen LogP contribution in [0.25, 0.3) is 0 Å². The summed E-state index contributed by atoms with van der Waals surface area (Å²) in [7, 11) is 0. The van der Waals surface area contributed by atoms with E-state index < -0.39 is 27.7 Å². The summed E-state index contributed by atoms with van der Waals surface area (Å²) in [6, 6.07) is -1.32. The standard InChI is InChI=1S/C20H28N6O5S.ClH/c1-20(2)15(18(28)29)25-16(27)14(17(25)32-20)22-12-23-9-5-13(6-10-23)4-3-8-24-11-7-21-19(24)26(30)31;/h7,11-15,17H,3-6,8-10H2,1-2H3,(H,28,29);1H/t14?,15-,17?;/m0./s1. The Morgan fingerprint density at radius 1 is 1.42 bits per heavy atom. The van der Waals surface area contributed by atoms with Gasteiger partial charge < -0.3 is 25.0 Å². The van der Waals surface area contributed by atoms with Gasteiger partial charge in [-0.3, -0.25) is 9.79 Å². The Labute approximate surface area is 202 Å². The fourth-order valence-electron chi connectivity index (χ4n) is 4.85. The molecule has 1 N–H and O–H groups in total. The van der Waals surface area contributed by atoms with E-state index in [1.54, 1.807) is 17.1 Å². The molecular weight excluding hydrogens is 472 g/mol.